The molecule has 1 amide bonds. The van der Waals surface area contributed by atoms with Crippen molar-refractivity contribution >= 4 is 68.0 Å². The number of nitro benzene ring substituents is 2. The number of hydrogen-bond acceptors (Lipinski definition) is 9. The number of nitrogens with zero attached hydrogens (tertiary/aromatic N) is 5. The van der Waals surface area contributed by atoms with E-state index in [1.165, 1.54) is 16.2 Å². The molecule has 0 atom stereocenters. The Morgan fingerprint density at radius 2 is 1.78 bits per heavy atom. The van der Waals surface area contributed by atoms with Crippen LogP contribution in [0.4, 0.5) is 16.5 Å². The summed E-state index contributed by atoms with van der Waals surface area (Å²) in [4.78, 5) is 43.1. The highest BCUT2D eigenvalue weighted by Gasteiger charge is 2.26. The number of hydrogen-bond donors (Lipinski definition) is 0. The number of carbonyl (C=O) groups excluding carboxylic acids is 1. The lowest BCUT2D eigenvalue weighted by Gasteiger charge is -2.27. The van der Waals surface area contributed by atoms with E-state index in [0.717, 1.165) is 48.1 Å². The standard InChI is InChI=1S/C22H22ClN5O6S.ClH/c1-14-9-16(23)12-19-20(14)24-22(35-19)26(4-2-3-25-5-7-34-8-6-25)21(29)15-10-17(27(30)31)13-18(11-15)28(32)33;/h9-13H,2-8H2,1H3;1H. The Morgan fingerprint density at radius 3 is 2.39 bits per heavy atom. The summed E-state index contributed by atoms with van der Waals surface area (Å²) >= 11 is 7.46. The molecular weight excluding hydrogens is 533 g/mol. The molecule has 0 aliphatic carbocycles. The van der Waals surface area contributed by atoms with Gasteiger partial charge in [-0.3, -0.25) is 34.8 Å². The number of non-ortho nitro benzene ring substituents is 2. The number of anilines is 1. The van der Waals surface area contributed by atoms with Gasteiger partial charge in [0.15, 0.2) is 5.13 Å². The third-order valence-corrected chi connectivity index (χ3v) is 6.89. The molecule has 3 aromatic rings. The van der Waals surface area contributed by atoms with Crippen molar-refractivity contribution in [2.45, 2.75) is 13.3 Å². The van der Waals surface area contributed by atoms with Gasteiger partial charge in [-0.1, -0.05) is 22.9 Å². The molecule has 1 fully saturated rings. The molecule has 1 aliphatic heterocycles. The van der Waals surface area contributed by atoms with Crippen LogP contribution in [0.25, 0.3) is 10.2 Å². The minimum absolute atomic E-state index is 0. The Bertz CT molecular complexity index is 1270. The van der Waals surface area contributed by atoms with E-state index in [9.17, 15) is 25.0 Å². The lowest BCUT2D eigenvalue weighted by Crippen LogP contribution is -2.39. The van der Waals surface area contributed by atoms with Gasteiger partial charge >= 0.3 is 0 Å². The molecule has 0 unspecified atom stereocenters. The van der Waals surface area contributed by atoms with Crippen molar-refractivity contribution < 1.29 is 19.4 Å². The maximum atomic E-state index is 13.6. The number of morpholine rings is 1. The molecule has 11 nitrogen and oxygen atoms in total. The third kappa shape index (κ3) is 6.26. The quantitative estimate of drug-likeness (QED) is 0.284. The van der Waals surface area contributed by atoms with E-state index >= 15 is 0 Å². The number of aromatic nitrogens is 1. The topological polar surface area (TPSA) is 132 Å². The molecule has 1 saturated heterocycles. The fraction of sp³-hybridized carbons (Fsp3) is 0.364. The van der Waals surface area contributed by atoms with Crippen molar-refractivity contribution in [1.82, 2.24) is 9.88 Å². The van der Waals surface area contributed by atoms with Crippen molar-refractivity contribution in [2.24, 2.45) is 0 Å². The van der Waals surface area contributed by atoms with Crippen molar-refractivity contribution in [3.63, 3.8) is 0 Å². The molecule has 192 valence electrons. The van der Waals surface area contributed by atoms with E-state index < -0.39 is 27.1 Å². The average Bonchev–Trinajstić information content (AvgIpc) is 3.25. The molecular formula is C22H23Cl2N5O6S. The average molecular weight is 556 g/mol. The van der Waals surface area contributed by atoms with Gasteiger partial charge in [0.1, 0.15) is 0 Å². The number of carbonyl (C=O) groups is 1. The zero-order chi connectivity index (χ0) is 25.1. The molecule has 1 aromatic heterocycles. The van der Waals surface area contributed by atoms with E-state index in [-0.39, 0.29) is 24.5 Å². The first kappa shape index (κ1) is 27.7. The van der Waals surface area contributed by atoms with Crippen molar-refractivity contribution in [1.29, 1.82) is 0 Å². The minimum Gasteiger partial charge on any atom is -0.379 e. The van der Waals surface area contributed by atoms with Crippen molar-refractivity contribution in [2.75, 3.05) is 44.3 Å². The SMILES string of the molecule is Cc1cc(Cl)cc2sc(N(CCCN3CCOCC3)C(=O)c3cc([N+](=O)[O-])cc([N+](=O)[O-])c3)nc12.Cl. The number of benzene rings is 2. The second-order valence-corrected chi connectivity index (χ2v) is 9.53. The summed E-state index contributed by atoms with van der Waals surface area (Å²) in [6.07, 6.45) is 0.610. The van der Waals surface area contributed by atoms with E-state index in [1.807, 2.05) is 6.92 Å². The molecule has 0 N–H and O–H groups in total. The van der Waals surface area contributed by atoms with Gasteiger partial charge in [-0.15, -0.1) is 12.4 Å². The summed E-state index contributed by atoms with van der Waals surface area (Å²) in [5.74, 6) is -0.596. The predicted octanol–water partition coefficient (Wildman–Crippen LogP) is 4.87. The van der Waals surface area contributed by atoms with Gasteiger partial charge in [0.05, 0.1) is 44.9 Å². The summed E-state index contributed by atoms with van der Waals surface area (Å²) < 4.78 is 6.17. The number of nitro groups is 2. The van der Waals surface area contributed by atoms with Crippen LogP contribution >= 0.6 is 35.3 Å². The summed E-state index contributed by atoms with van der Waals surface area (Å²) in [5, 5.41) is 23.6. The molecule has 1 aliphatic rings. The molecule has 0 radical (unpaired) electrons. The number of fused-ring (bicyclic) bond motifs is 1. The number of ether oxygens (including phenoxy) is 1. The fourth-order valence-electron chi connectivity index (χ4n) is 3.90. The van der Waals surface area contributed by atoms with Crippen LogP contribution in [-0.4, -0.2) is 65.0 Å². The third-order valence-electron chi connectivity index (χ3n) is 5.65. The Morgan fingerprint density at radius 1 is 1.14 bits per heavy atom. The normalized spacial score (nSPS) is 13.8. The predicted molar refractivity (Wildman–Crippen MR) is 140 cm³/mol. The van der Waals surface area contributed by atoms with Crippen LogP contribution in [-0.2, 0) is 4.74 Å². The second kappa shape index (κ2) is 11.9. The minimum atomic E-state index is -0.754. The zero-order valence-electron chi connectivity index (χ0n) is 19.2. The van der Waals surface area contributed by atoms with Crippen LogP contribution in [0, 0.1) is 27.2 Å². The Hall–Kier alpha value is -2.90. The highest BCUT2D eigenvalue weighted by atomic mass is 35.5. The zero-order valence-corrected chi connectivity index (χ0v) is 21.6. The van der Waals surface area contributed by atoms with E-state index in [0.29, 0.717) is 35.3 Å². The van der Waals surface area contributed by atoms with E-state index in [1.54, 1.807) is 12.1 Å². The van der Waals surface area contributed by atoms with Gasteiger partial charge < -0.3 is 4.74 Å². The van der Waals surface area contributed by atoms with Gasteiger partial charge in [0.2, 0.25) is 0 Å². The van der Waals surface area contributed by atoms with Crippen molar-refractivity contribution in [3.05, 3.63) is 66.7 Å². The number of amides is 1. The number of rotatable bonds is 8. The largest absolute Gasteiger partial charge is 0.379 e. The summed E-state index contributed by atoms with van der Waals surface area (Å²) in [5.41, 5.74) is 0.351. The van der Waals surface area contributed by atoms with Crippen LogP contribution in [0.5, 0.6) is 0 Å². The molecule has 4 rings (SSSR count). The first-order valence-corrected chi connectivity index (χ1v) is 12.0. The van der Waals surface area contributed by atoms with Crippen LogP contribution in [0.3, 0.4) is 0 Å². The van der Waals surface area contributed by atoms with Gasteiger partial charge in [-0.2, -0.15) is 0 Å². The first-order chi connectivity index (χ1) is 16.7. The summed E-state index contributed by atoms with van der Waals surface area (Å²) in [6, 6.07) is 6.49. The molecule has 14 heteroatoms. The summed E-state index contributed by atoms with van der Waals surface area (Å²) in [7, 11) is 0. The Kier molecular flexibility index (Phi) is 9.14. The van der Waals surface area contributed by atoms with Crippen molar-refractivity contribution in [3.8, 4) is 0 Å². The van der Waals surface area contributed by atoms with Crippen LogP contribution in [0.1, 0.15) is 22.3 Å². The van der Waals surface area contributed by atoms with Gasteiger partial charge in [0.25, 0.3) is 17.3 Å². The Balaban J connectivity index is 0.00000361. The highest BCUT2D eigenvalue weighted by Crippen LogP contribution is 2.34. The van der Waals surface area contributed by atoms with Gasteiger partial charge in [-0.05, 0) is 31.0 Å². The maximum Gasteiger partial charge on any atom is 0.277 e. The van der Waals surface area contributed by atoms with Crippen LogP contribution in [0.2, 0.25) is 5.02 Å². The number of aryl methyl sites for hydroxylation is 1. The Labute approximate surface area is 221 Å². The molecule has 0 spiro atoms. The maximum absolute atomic E-state index is 13.6. The number of halogens is 2. The molecule has 2 heterocycles. The first-order valence-electron chi connectivity index (χ1n) is 10.9. The van der Waals surface area contributed by atoms with Crippen LogP contribution < -0.4 is 4.90 Å². The molecule has 36 heavy (non-hydrogen) atoms. The van der Waals surface area contributed by atoms with E-state index in [4.69, 9.17) is 16.3 Å². The second-order valence-electron chi connectivity index (χ2n) is 8.08. The summed E-state index contributed by atoms with van der Waals surface area (Å²) in [6.45, 7) is 5.76. The van der Waals surface area contributed by atoms with Gasteiger partial charge in [-0.25, -0.2) is 4.98 Å². The van der Waals surface area contributed by atoms with E-state index in [2.05, 4.69) is 9.88 Å². The molecule has 0 saturated carbocycles. The molecule has 2 aromatic carbocycles. The lowest BCUT2D eigenvalue weighted by atomic mass is 10.1. The smallest absolute Gasteiger partial charge is 0.277 e. The molecule has 0 bridgehead atoms. The fourth-order valence-corrected chi connectivity index (χ4v) is 5.35. The highest BCUT2D eigenvalue weighted by molar-refractivity contribution is 7.22. The monoisotopic (exact) mass is 555 g/mol. The lowest BCUT2D eigenvalue weighted by molar-refractivity contribution is -0.394. The van der Waals surface area contributed by atoms with Crippen LogP contribution in [0.15, 0.2) is 30.3 Å². The number of thiazole rings is 1. The van der Waals surface area contributed by atoms with Gasteiger partial charge in [0, 0.05) is 43.3 Å².